The van der Waals surface area contributed by atoms with Crippen molar-refractivity contribution in [1.29, 1.82) is 0 Å². The van der Waals surface area contributed by atoms with E-state index in [1.807, 2.05) is 12.1 Å². The van der Waals surface area contributed by atoms with Crippen molar-refractivity contribution in [3.8, 4) is 5.75 Å². The Morgan fingerprint density at radius 3 is 2.82 bits per heavy atom. The van der Waals surface area contributed by atoms with Crippen LogP contribution in [0.25, 0.3) is 0 Å². The lowest BCUT2D eigenvalue weighted by Gasteiger charge is -2.30. The molecule has 1 aromatic heterocycles. The highest BCUT2D eigenvalue weighted by atomic mass is 16.5. The van der Waals surface area contributed by atoms with E-state index in [2.05, 4.69) is 11.9 Å². The number of hydrogen-bond acceptors (Lipinski definition) is 3. The van der Waals surface area contributed by atoms with Crippen LogP contribution in [-0.4, -0.2) is 11.1 Å². The molecule has 1 aliphatic rings. The number of pyridine rings is 1. The minimum atomic E-state index is 0.293. The maximum atomic E-state index is 6.05. The Hall–Kier alpha value is -1.25. The van der Waals surface area contributed by atoms with Gasteiger partial charge in [0.15, 0.2) is 11.6 Å². The van der Waals surface area contributed by atoms with Crippen LogP contribution in [0.5, 0.6) is 5.75 Å². The molecule has 3 heteroatoms. The smallest absolute Gasteiger partial charge is 0.166 e. The van der Waals surface area contributed by atoms with Crippen LogP contribution >= 0.6 is 0 Å². The van der Waals surface area contributed by atoms with Gasteiger partial charge in [-0.05, 0) is 37.3 Å². The maximum absolute atomic E-state index is 6.05. The summed E-state index contributed by atoms with van der Waals surface area (Å²) >= 11 is 0. The Morgan fingerprint density at radius 2 is 2.18 bits per heavy atom. The van der Waals surface area contributed by atoms with Crippen LogP contribution in [0.4, 0.5) is 5.82 Å². The van der Waals surface area contributed by atoms with Crippen LogP contribution in [-0.2, 0) is 0 Å². The van der Waals surface area contributed by atoms with Crippen LogP contribution in [0.1, 0.15) is 45.4 Å². The van der Waals surface area contributed by atoms with Crippen LogP contribution in [0, 0.1) is 5.92 Å². The average Bonchev–Trinajstić information content (AvgIpc) is 2.39. The van der Waals surface area contributed by atoms with Gasteiger partial charge >= 0.3 is 0 Å². The van der Waals surface area contributed by atoms with E-state index in [1.165, 1.54) is 32.1 Å². The molecule has 0 radical (unpaired) electrons. The van der Waals surface area contributed by atoms with E-state index in [9.17, 15) is 0 Å². The summed E-state index contributed by atoms with van der Waals surface area (Å²) in [6.45, 7) is 2.19. The first-order valence-electron chi connectivity index (χ1n) is 6.68. The molecule has 1 atom stereocenters. The van der Waals surface area contributed by atoms with E-state index in [1.54, 1.807) is 6.20 Å². The zero-order valence-electron chi connectivity index (χ0n) is 10.6. The largest absolute Gasteiger partial charge is 0.486 e. The van der Waals surface area contributed by atoms with Gasteiger partial charge in [0, 0.05) is 6.20 Å². The number of nitrogen functional groups attached to an aromatic ring is 1. The van der Waals surface area contributed by atoms with Gasteiger partial charge in [-0.3, -0.25) is 0 Å². The molecule has 1 aromatic rings. The summed E-state index contributed by atoms with van der Waals surface area (Å²) in [6, 6.07) is 3.78. The Bertz CT molecular complexity index is 348. The van der Waals surface area contributed by atoms with Gasteiger partial charge in [-0.15, -0.1) is 0 Å². The quantitative estimate of drug-likeness (QED) is 0.868. The summed E-state index contributed by atoms with van der Waals surface area (Å²) in [5.41, 5.74) is 5.82. The second kappa shape index (κ2) is 5.89. The SMILES string of the molecule is CCC(Oc1cccnc1N)C1CCCCC1. The zero-order valence-corrected chi connectivity index (χ0v) is 10.6. The minimum absolute atomic E-state index is 0.293. The molecule has 2 N–H and O–H groups in total. The minimum Gasteiger partial charge on any atom is -0.486 e. The summed E-state index contributed by atoms with van der Waals surface area (Å²) in [5, 5.41) is 0. The summed E-state index contributed by atoms with van der Waals surface area (Å²) in [6.07, 6.45) is 9.67. The third-order valence-electron chi connectivity index (χ3n) is 3.66. The molecule has 1 unspecified atom stereocenters. The molecule has 0 saturated heterocycles. The molecule has 3 nitrogen and oxygen atoms in total. The van der Waals surface area contributed by atoms with Gasteiger partial charge in [0.1, 0.15) is 6.10 Å². The third-order valence-corrected chi connectivity index (χ3v) is 3.66. The topological polar surface area (TPSA) is 48.1 Å². The molecule has 0 bridgehead atoms. The first-order chi connectivity index (χ1) is 8.31. The summed E-state index contributed by atoms with van der Waals surface area (Å²) in [4.78, 5) is 4.06. The predicted molar refractivity (Wildman–Crippen MR) is 69.9 cm³/mol. The second-order valence-electron chi connectivity index (χ2n) is 4.85. The lowest BCUT2D eigenvalue weighted by Crippen LogP contribution is -2.28. The van der Waals surface area contributed by atoms with Gasteiger partial charge in [-0.1, -0.05) is 26.2 Å². The number of nitrogens with zero attached hydrogens (tertiary/aromatic N) is 1. The molecular weight excluding hydrogens is 212 g/mol. The lowest BCUT2D eigenvalue weighted by molar-refractivity contribution is 0.104. The van der Waals surface area contributed by atoms with Crippen LogP contribution in [0.2, 0.25) is 0 Å². The fraction of sp³-hybridized carbons (Fsp3) is 0.643. The predicted octanol–water partition coefficient (Wildman–Crippen LogP) is 3.40. The normalized spacial score (nSPS) is 18.9. The van der Waals surface area contributed by atoms with Crippen molar-refractivity contribution in [2.24, 2.45) is 5.92 Å². The van der Waals surface area contributed by atoms with E-state index in [-0.39, 0.29) is 0 Å². The van der Waals surface area contributed by atoms with Crippen molar-refractivity contribution in [3.63, 3.8) is 0 Å². The van der Waals surface area contributed by atoms with Crippen molar-refractivity contribution >= 4 is 5.82 Å². The van der Waals surface area contributed by atoms with Gasteiger partial charge in [0.25, 0.3) is 0 Å². The Kier molecular flexibility index (Phi) is 4.24. The second-order valence-corrected chi connectivity index (χ2v) is 4.85. The van der Waals surface area contributed by atoms with Crippen molar-refractivity contribution < 1.29 is 4.74 Å². The number of nitrogens with two attached hydrogens (primary N) is 1. The zero-order chi connectivity index (χ0) is 12.1. The number of ether oxygens (including phenoxy) is 1. The molecule has 2 rings (SSSR count). The summed E-state index contributed by atoms with van der Waals surface area (Å²) in [5.74, 6) is 1.93. The van der Waals surface area contributed by atoms with E-state index in [0.717, 1.165) is 12.2 Å². The molecule has 0 spiro atoms. The van der Waals surface area contributed by atoms with Crippen molar-refractivity contribution in [1.82, 2.24) is 4.98 Å². The van der Waals surface area contributed by atoms with Gasteiger partial charge in [0.2, 0.25) is 0 Å². The number of hydrogen-bond donors (Lipinski definition) is 1. The molecule has 1 heterocycles. The third kappa shape index (κ3) is 3.11. The first-order valence-corrected chi connectivity index (χ1v) is 6.68. The van der Waals surface area contributed by atoms with E-state index < -0.39 is 0 Å². The highest BCUT2D eigenvalue weighted by molar-refractivity contribution is 5.44. The Morgan fingerprint density at radius 1 is 1.41 bits per heavy atom. The molecule has 17 heavy (non-hydrogen) atoms. The van der Waals surface area contributed by atoms with Crippen molar-refractivity contribution in [2.75, 3.05) is 5.73 Å². The fourth-order valence-electron chi connectivity index (χ4n) is 2.68. The highest BCUT2D eigenvalue weighted by Crippen LogP contribution is 2.31. The van der Waals surface area contributed by atoms with Crippen LogP contribution in [0.3, 0.4) is 0 Å². The number of rotatable bonds is 4. The van der Waals surface area contributed by atoms with Gasteiger partial charge < -0.3 is 10.5 Å². The Balaban J connectivity index is 2.01. The number of anilines is 1. The number of aromatic nitrogens is 1. The maximum Gasteiger partial charge on any atom is 0.166 e. The van der Waals surface area contributed by atoms with Crippen molar-refractivity contribution in [3.05, 3.63) is 18.3 Å². The molecule has 94 valence electrons. The van der Waals surface area contributed by atoms with E-state index >= 15 is 0 Å². The Labute approximate surface area is 103 Å². The molecule has 0 aromatic carbocycles. The monoisotopic (exact) mass is 234 g/mol. The molecule has 1 aliphatic carbocycles. The standard InChI is InChI=1S/C14H22N2O/c1-2-12(11-7-4-3-5-8-11)17-13-9-6-10-16-14(13)15/h6,9-12H,2-5,7-8H2,1H3,(H2,15,16). The molecule has 0 aliphatic heterocycles. The summed E-state index contributed by atoms with van der Waals surface area (Å²) < 4.78 is 6.05. The molecular formula is C14H22N2O. The fourth-order valence-corrected chi connectivity index (χ4v) is 2.68. The summed E-state index contributed by atoms with van der Waals surface area (Å²) in [7, 11) is 0. The first kappa shape index (κ1) is 12.2. The van der Waals surface area contributed by atoms with Crippen molar-refractivity contribution in [2.45, 2.75) is 51.6 Å². The van der Waals surface area contributed by atoms with Crippen LogP contribution in [0.15, 0.2) is 18.3 Å². The van der Waals surface area contributed by atoms with Gasteiger partial charge in [-0.25, -0.2) is 4.98 Å². The molecule has 1 fully saturated rings. The van der Waals surface area contributed by atoms with E-state index in [0.29, 0.717) is 17.8 Å². The van der Waals surface area contributed by atoms with Gasteiger partial charge in [-0.2, -0.15) is 0 Å². The molecule has 0 amide bonds. The van der Waals surface area contributed by atoms with E-state index in [4.69, 9.17) is 10.5 Å². The average molecular weight is 234 g/mol. The van der Waals surface area contributed by atoms with Crippen LogP contribution < -0.4 is 10.5 Å². The van der Waals surface area contributed by atoms with Gasteiger partial charge in [0.05, 0.1) is 0 Å². The lowest BCUT2D eigenvalue weighted by atomic mass is 9.84. The molecule has 1 saturated carbocycles. The highest BCUT2D eigenvalue weighted by Gasteiger charge is 2.24.